The van der Waals surface area contributed by atoms with Crippen molar-refractivity contribution in [3.8, 4) is 0 Å². The third-order valence-corrected chi connectivity index (χ3v) is 4.16. The molecule has 4 aliphatic rings. The van der Waals surface area contributed by atoms with E-state index in [1.807, 2.05) is 14.7 Å². The van der Waals surface area contributed by atoms with Crippen LogP contribution in [0.5, 0.6) is 0 Å². The molecule has 25 heavy (non-hydrogen) atoms. The quantitative estimate of drug-likeness (QED) is 0.374. The van der Waals surface area contributed by atoms with Crippen molar-refractivity contribution in [2.24, 2.45) is 5.73 Å². The molecule has 0 aromatic heterocycles. The Hall–Kier alpha value is -2.35. The lowest BCUT2D eigenvalue weighted by Gasteiger charge is -2.21. The highest BCUT2D eigenvalue weighted by molar-refractivity contribution is 6.22. The average molecular weight is 348 g/mol. The largest absolute Gasteiger partial charge is 0.464 e. The van der Waals surface area contributed by atoms with Gasteiger partial charge in [-0.15, -0.1) is 0 Å². The second-order valence-corrected chi connectivity index (χ2v) is 6.24. The first kappa shape index (κ1) is 17.5. The molecule has 3 heterocycles. The maximum Gasteiger partial charge on any atom is 0.305 e. The molecule has 0 saturated carbocycles. The maximum absolute atomic E-state index is 12.4. The van der Waals surface area contributed by atoms with Crippen LogP contribution in [0, 0.1) is 0 Å². The topological polar surface area (TPSA) is 95.5 Å². The SMILES string of the molecule is CCC(=O)OCCN.O=C1C=C(N2CC2)C(=O)C(N2CC2)=C1N1CC1. The molecule has 8 heteroatoms. The summed E-state index contributed by atoms with van der Waals surface area (Å²) < 4.78 is 4.58. The summed E-state index contributed by atoms with van der Waals surface area (Å²) in [5.41, 5.74) is 6.94. The summed E-state index contributed by atoms with van der Waals surface area (Å²) in [6.07, 6.45) is 1.95. The number of allylic oxidation sites excluding steroid dienone is 1. The zero-order valence-electron chi connectivity index (χ0n) is 14.5. The first-order valence-corrected chi connectivity index (χ1v) is 8.72. The fourth-order valence-corrected chi connectivity index (χ4v) is 2.55. The van der Waals surface area contributed by atoms with E-state index in [1.165, 1.54) is 6.08 Å². The number of rotatable bonds is 6. The molecule has 0 amide bonds. The number of esters is 1. The molecule has 0 radical (unpaired) electrons. The molecule has 0 atom stereocenters. The number of ketones is 2. The van der Waals surface area contributed by atoms with Crippen LogP contribution in [0.25, 0.3) is 0 Å². The molecule has 3 aliphatic heterocycles. The Morgan fingerprint density at radius 1 is 1.04 bits per heavy atom. The maximum atomic E-state index is 12.4. The summed E-state index contributed by atoms with van der Waals surface area (Å²) in [5.74, 6) is -0.136. The molecule has 0 unspecified atom stereocenters. The summed E-state index contributed by atoms with van der Waals surface area (Å²) in [7, 11) is 0. The Bertz CT molecular complexity index is 643. The summed E-state index contributed by atoms with van der Waals surface area (Å²) in [5, 5.41) is 0. The van der Waals surface area contributed by atoms with Crippen LogP contribution in [0.2, 0.25) is 0 Å². The van der Waals surface area contributed by atoms with Crippen molar-refractivity contribution in [2.75, 3.05) is 52.4 Å². The number of ether oxygens (including phenoxy) is 1. The minimum Gasteiger partial charge on any atom is -0.464 e. The van der Waals surface area contributed by atoms with Gasteiger partial charge in [0.25, 0.3) is 0 Å². The Balaban J connectivity index is 0.000000197. The third-order valence-electron chi connectivity index (χ3n) is 4.16. The van der Waals surface area contributed by atoms with Crippen LogP contribution in [0.4, 0.5) is 0 Å². The smallest absolute Gasteiger partial charge is 0.305 e. The van der Waals surface area contributed by atoms with Crippen molar-refractivity contribution in [1.29, 1.82) is 0 Å². The molecule has 3 saturated heterocycles. The van der Waals surface area contributed by atoms with E-state index >= 15 is 0 Å². The van der Waals surface area contributed by atoms with Crippen molar-refractivity contribution < 1.29 is 19.1 Å². The summed E-state index contributed by atoms with van der Waals surface area (Å²) >= 11 is 0. The van der Waals surface area contributed by atoms with Crippen molar-refractivity contribution >= 4 is 17.5 Å². The van der Waals surface area contributed by atoms with Crippen LogP contribution in [0.15, 0.2) is 23.2 Å². The molecular formula is C17H24N4O4. The molecule has 8 nitrogen and oxygen atoms in total. The zero-order valence-corrected chi connectivity index (χ0v) is 14.5. The van der Waals surface area contributed by atoms with Crippen molar-refractivity contribution in [2.45, 2.75) is 13.3 Å². The van der Waals surface area contributed by atoms with Gasteiger partial charge >= 0.3 is 5.97 Å². The normalized spacial score (nSPS) is 20.9. The molecule has 136 valence electrons. The lowest BCUT2D eigenvalue weighted by Crippen LogP contribution is -2.29. The molecule has 0 spiro atoms. The highest BCUT2D eigenvalue weighted by Crippen LogP contribution is 2.33. The van der Waals surface area contributed by atoms with Gasteiger partial charge in [-0.05, 0) is 0 Å². The molecule has 1 aliphatic carbocycles. The molecule has 0 aromatic rings. The van der Waals surface area contributed by atoms with Gasteiger partial charge in [0.05, 0.1) is 5.70 Å². The fourth-order valence-electron chi connectivity index (χ4n) is 2.55. The van der Waals surface area contributed by atoms with Gasteiger partial charge in [-0.1, -0.05) is 6.92 Å². The lowest BCUT2D eigenvalue weighted by atomic mass is 10.0. The lowest BCUT2D eigenvalue weighted by molar-refractivity contribution is -0.142. The number of Topliss-reactive ketones (excluding diaryl/α,β-unsaturated/α-hetero) is 1. The Labute approximate surface area is 146 Å². The van der Waals surface area contributed by atoms with Crippen LogP contribution in [0.1, 0.15) is 13.3 Å². The number of carbonyl (C=O) groups is 3. The van der Waals surface area contributed by atoms with Gasteiger partial charge in [-0.3, -0.25) is 14.4 Å². The van der Waals surface area contributed by atoms with Gasteiger partial charge < -0.3 is 25.2 Å². The van der Waals surface area contributed by atoms with Crippen LogP contribution in [-0.4, -0.2) is 84.7 Å². The fraction of sp³-hybridized carbons (Fsp3) is 0.588. The third kappa shape index (κ3) is 4.19. The number of carbonyl (C=O) groups excluding carboxylic acids is 3. The van der Waals surface area contributed by atoms with Gasteiger partial charge in [-0.25, -0.2) is 0 Å². The van der Waals surface area contributed by atoms with Crippen LogP contribution < -0.4 is 5.73 Å². The van der Waals surface area contributed by atoms with E-state index < -0.39 is 0 Å². The van der Waals surface area contributed by atoms with E-state index in [4.69, 9.17) is 5.73 Å². The van der Waals surface area contributed by atoms with Gasteiger partial charge in [0, 0.05) is 58.3 Å². The first-order valence-electron chi connectivity index (χ1n) is 8.72. The summed E-state index contributed by atoms with van der Waals surface area (Å²) in [6.45, 7) is 7.90. The van der Waals surface area contributed by atoms with Gasteiger partial charge in [-0.2, -0.15) is 0 Å². The molecule has 0 bridgehead atoms. The van der Waals surface area contributed by atoms with Gasteiger partial charge in [0.2, 0.25) is 11.6 Å². The van der Waals surface area contributed by atoms with E-state index in [2.05, 4.69) is 4.74 Å². The highest BCUT2D eigenvalue weighted by atomic mass is 16.5. The van der Waals surface area contributed by atoms with E-state index in [0.29, 0.717) is 36.7 Å². The average Bonchev–Trinajstić information content (AvgIpc) is 3.46. The summed E-state index contributed by atoms with van der Waals surface area (Å²) in [4.78, 5) is 40.8. The van der Waals surface area contributed by atoms with Crippen molar-refractivity contribution in [1.82, 2.24) is 14.7 Å². The molecular weight excluding hydrogens is 324 g/mol. The van der Waals surface area contributed by atoms with Crippen molar-refractivity contribution in [3.63, 3.8) is 0 Å². The van der Waals surface area contributed by atoms with Crippen LogP contribution in [0.3, 0.4) is 0 Å². The Morgan fingerprint density at radius 2 is 1.60 bits per heavy atom. The van der Waals surface area contributed by atoms with Crippen molar-refractivity contribution in [3.05, 3.63) is 23.2 Å². The first-order chi connectivity index (χ1) is 12.1. The van der Waals surface area contributed by atoms with E-state index in [9.17, 15) is 14.4 Å². The number of nitrogens with zero attached hydrogens (tertiary/aromatic N) is 3. The zero-order chi connectivity index (χ0) is 18.0. The molecule has 3 fully saturated rings. The predicted molar refractivity (Wildman–Crippen MR) is 90.1 cm³/mol. The number of hydrogen-bond acceptors (Lipinski definition) is 8. The van der Waals surface area contributed by atoms with Crippen LogP contribution in [-0.2, 0) is 19.1 Å². The highest BCUT2D eigenvalue weighted by Gasteiger charge is 2.43. The minimum absolute atomic E-state index is 0.00546. The Kier molecular flexibility index (Phi) is 5.08. The summed E-state index contributed by atoms with van der Waals surface area (Å²) in [6, 6.07) is 0. The second-order valence-electron chi connectivity index (χ2n) is 6.24. The Morgan fingerprint density at radius 3 is 2.08 bits per heavy atom. The van der Waals surface area contributed by atoms with Crippen LogP contribution >= 0.6 is 0 Å². The van der Waals surface area contributed by atoms with E-state index in [-0.39, 0.29) is 17.5 Å². The predicted octanol–water partition coefficient (Wildman–Crippen LogP) is -0.921. The minimum atomic E-state index is -0.185. The standard InChI is InChI=1S/C12H13N3O2.C5H11NO2/c16-9-7-8(13-1-2-13)12(17)11(15-5-6-15)10(9)14-3-4-14;1-2-5(7)8-4-3-6/h7H,1-6H2;2-4,6H2,1H3. The van der Waals surface area contributed by atoms with Gasteiger partial charge in [0.15, 0.2) is 0 Å². The second kappa shape index (κ2) is 7.26. The monoisotopic (exact) mass is 348 g/mol. The molecule has 0 aromatic carbocycles. The van der Waals surface area contributed by atoms with Gasteiger partial charge in [0.1, 0.15) is 18.0 Å². The molecule has 4 rings (SSSR count). The molecule has 2 N–H and O–H groups in total. The number of nitrogens with two attached hydrogens (primary N) is 1. The van der Waals surface area contributed by atoms with E-state index in [0.717, 1.165) is 39.3 Å². The number of hydrogen-bond donors (Lipinski definition) is 1. The van der Waals surface area contributed by atoms with E-state index in [1.54, 1.807) is 6.92 Å².